The number of imidazole rings is 1. The molecule has 1 aliphatic heterocycles. The molecule has 0 spiro atoms. The lowest BCUT2D eigenvalue weighted by atomic mass is 9.98. The fourth-order valence-corrected chi connectivity index (χ4v) is 2.39. The molecule has 1 aromatic carbocycles. The Hall–Kier alpha value is -2.11. The maximum Gasteiger partial charge on any atom is 0.416 e. The Morgan fingerprint density at radius 1 is 1.26 bits per heavy atom. The molecule has 0 atom stereocenters. The predicted molar refractivity (Wildman–Crippen MR) is 61.4 cm³/mol. The molecule has 3 rings (SSSR count). The standard InChI is InChI=1S/C13H9F3N2O/c14-13(15,16)9-2-4-11-8(5-9)1-3-12-10(6-19)17-7-18(11)12/h2,4-7H,1,3H2. The van der Waals surface area contributed by atoms with E-state index in [4.69, 9.17) is 0 Å². The number of carbonyl (C=O) groups is 1. The first-order valence-electron chi connectivity index (χ1n) is 5.72. The van der Waals surface area contributed by atoms with Gasteiger partial charge in [0.2, 0.25) is 0 Å². The van der Waals surface area contributed by atoms with Crippen LogP contribution < -0.4 is 0 Å². The molecule has 1 aromatic heterocycles. The number of aryl methyl sites for hydroxylation is 1. The van der Waals surface area contributed by atoms with Crippen molar-refractivity contribution >= 4 is 6.29 Å². The molecule has 0 radical (unpaired) electrons. The molecule has 0 N–H and O–H groups in total. The molecule has 0 saturated heterocycles. The van der Waals surface area contributed by atoms with Gasteiger partial charge in [0.25, 0.3) is 0 Å². The smallest absolute Gasteiger partial charge is 0.302 e. The topological polar surface area (TPSA) is 34.9 Å². The van der Waals surface area contributed by atoms with Gasteiger partial charge in [-0.2, -0.15) is 13.2 Å². The lowest BCUT2D eigenvalue weighted by molar-refractivity contribution is -0.137. The Kier molecular flexibility index (Phi) is 2.48. The van der Waals surface area contributed by atoms with Crippen LogP contribution in [0.4, 0.5) is 13.2 Å². The largest absolute Gasteiger partial charge is 0.416 e. The summed E-state index contributed by atoms with van der Waals surface area (Å²) in [5.74, 6) is 0. The van der Waals surface area contributed by atoms with Crippen molar-refractivity contribution in [3.63, 3.8) is 0 Å². The van der Waals surface area contributed by atoms with Crippen LogP contribution in [0, 0.1) is 0 Å². The molecule has 0 aliphatic carbocycles. The molecule has 0 amide bonds. The van der Waals surface area contributed by atoms with Crippen LogP contribution in [0.1, 0.15) is 27.3 Å². The Bertz CT molecular complexity index is 658. The van der Waals surface area contributed by atoms with Gasteiger partial charge in [-0.05, 0) is 36.6 Å². The molecule has 19 heavy (non-hydrogen) atoms. The minimum absolute atomic E-state index is 0.352. The van der Waals surface area contributed by atoms with Crippen molar-refractivity contribution in [2.75, 3.05) is 0 Å². The normalized spacial score (nSPS) is 13.8. The summed E-state index contributed by atoms with van der Waals surface area (Å²) in [4.78, 5) is 14.8. The van der Waals surface area contributed by atoms with E-state index in [1.165, 1.54) is 18.5 Å². The number of hydrogen-bond donors (Lipinski definition) is 0. The zero-order valence-corrected chi connectivity index (χ0v) is 9.74. The number of fused-ring (bicyclic) bond motifs is 3. The van der Waals surface area contributed by atoms with E-state index < -0.39 is 11.7 Å². The third kappa shape index (κ3) is 1.83. The van der Waals surface area contributed by atoms with E-state index in [0.717, 1.165) is 11.8 Å². The first-order chi connectivity index (χ1) is 9.00. The summed E-state index contributed by atoms with van der Waals surface area (Å²) in [5, 5.41) is 0. The molecule has 2 aromatic rings. The highest BCUT2D eigenvalue weighted by atomic mass is 19.4. The average molecular weight is 266 g/mol. The fraction of sp³-hybridized carbons (Fsp3) is 0.231. The van der Waals surface area contributed by atoms with Crippen LogP contribution in [0.25, 0.3) is 5.69 Å². The van der Waals surface area contributed by atoms with Gasteiger partial charge in [0.15, 0.2) is 6.29 Å². The fourth-order valence-electron chi connectivity index (χ4n) is 2.39. The van der Waals surface area contributed by atoms with Crippen LogP contribution in [-0.2, 0) is 19.0 Å². The number of aldehydes is 1. The van der Waals surface area contributed by atoms with Crippen LogP contribution in [0.5, 0.6) is 0 Å². The summed E-state index contributed by atoms with van der Waals surface area (Å²) >= 11 is 0. The molecule has 98 valence electrons. The van der Waals surface area contributed by atoms with Crippen molar-refractivity contribution in [1.82, 2.24) is 9.55 Å². The van der Waals surface area contributed by atoms with E-state index >= 15 is 0 Å². The van der Waals surface area contributed by atoms with Gasteiger partial charge >= 0.3 is 6.18 Å². The number of alkyl halides is 3. The van der Waals surface area contributed by atoms with Gasteiger partial charge < -0.3 is 4.57 Å². The number of rotatable bonds is 1. The van der Waals surface area contributed by atoms with E-state index in [-0.39, 0.29) is 0 Å². The Morgan fingerprint density at radius 3 is 2.74 bits per heavy atom. The summed E-state index contributed by atoms with van der Waals surface area (Å²) in [5.41, 5.74) is 1.74. The van der Waals surface area contributed by atoms with Gasteiger partial charge in [-0.15, -0.1) is 0 Å². The van der Waals surface area contributed by atoms with Crippen LogP contribution in [0.3, 0.4) is 0 Å². The van der Waals surface area contributed by atoms with E-state index in [0.29, 0.717) is 36.1 Å². The van der Waals surface area contributed by atoms with Crippen molar-refractivity contribution in [2.24, 2.45) is 0 Å². The number of aromatic nitrogens is 2. The van der Waals surface area contributed by atoms with E-state index in [1.807, 2.05) is 0 Å². The van der Waals surface area contributed by atoms with Crippen LogP contribution in [-0.4, -0.2) is 15.8 Å². The monoisotopic (exact) mass is 266 g/mol. The van der Waals surface area contributed by atoms with Gasteiger partial charge in [0, 0.05) is 0 Å². The maximum absolute atomic E-state index is 12.6. The van der Waals surface area contributed by atoms with Gasteiger partial charge in [-0.25, -0.2) is 4.98 Å². The zero-order valence-electron chi connectivity index (χ0n) is 9.74. The predicted octanol–water partition coefficient (Wildman–Crippen LogP) is 2.80. The SMILES string of the molecule is O=Cc1ncn2c1CCc1cc(C(F)(F)F)ccc1-2. The minimum atomic E-state index is -4.34. The molecule has 0 bridgehead atoms. The van der Waals surface area contributed by atoms with Crippen LogP contribution in [0.2, 0.25) is 0 Å². The molecule has 3 nitrogen and oxygen atoms in total. The van der Waals surface area contributed by atoms with Gasteiger partial charge in [0.1, 0.15) is 12.0 Å². The molecule has 6 heteroatoms. The van der Waals surface area contributed by atoms with Gasteiger partial charge in [-0.3, -0.25) is 4.79 Å². The third-order valence-electron chi connectivity index (χ3n) is 3.31. The van der Waals surface area contributed by atoms with Gasteiger partial charge in [0.05, 0.1) is 16.9 Å². The number of benzene rings is 1. The molecule has 0 unspecified atom stereocenters. The first kappa shape index (κ1) is 12.0. The Morgan fingerprint density at radius 2 is 2.05 bits per heavy atom. The van der Waals surface area contributed by atoms with Gasteiger partial charge in [-0.1, -0.05) is 0 Å². The van der Waals surface area contributed by atoms with E-state index in [9.17, 15) is 18.0 Å². The van der Waals surface area contributed by atoms with Crippen molar-refractivity contribution in [2.45, 2.75) is 19.0 Å². The minimum Gasteiger partial charge on any atom is -0.302 e. The van der Waals surface area contributed by atoms with E-state index in [1.54, 1.807) is 4.57 Å². The molecular weight excluding hydrogens is 257 g/mol. The highest BCUT2D eigenvalue weighted by Gasteiger charge is 2.32. The Balaban J connectivity index is 2.13. The molecule has 1 aliphatic rings. The maximum atomic E-state index is 12.6. The summed E-state index contributed by atoms with van der Waals surface area (Å²) < 4.78 is 39.6. The molecular formula is C13H9F3N2O. The van der Waals surface area contributed by atoms with Crippen molar-refractivity contribution in [3.8, 4) is 5.69 Å². The molecule has 2 heterocycles. The number of carbonyl (C=O) groups excluding carboxylic acids is 1. The number of hydrogen-bond acceptors (Lipinski definition) is 2. The summed E-state index contributed by atoms with van der Waals surface area (Å²) in [7, 11) is 0. The second kappa shape index (κ2) is 3.94. The van der Waals surface area contributed by atoms with Crippen LogP contribution >= 0.6 is 0 Å². The second-order valence-corrected chi connectivity index (χ2v) is 4.41. The number of halogens is 3. The van der Waals surface area contributed by atoms with Crippen LogP contribution in [0.15, 0.2) is 24.5 Å². The van der Waals surface area contributed by atoms with Crippen molar-refractivity contribution in [3.05, 3.63) is 47.0 Å². The Labute approximate surface area is 106 Å². The lowest BCUT2D eigenvalue weighted by Crippen LogP contribution is -2.14. The summed E-state index contributed by atoms with van der Waals surface area (Å²) in [6.45, 7) is 0. The highest BCUT2D eigenvalue weighted by Crippen LogP contribution is 2.33. The van der Waals surface area contributed by atoms with E-state index in [2.05, 4.69) is 4.98 Å². The second-order valence-electron chi connectivity index (χ2n) is 4.41. The highest BCUT2D eigenvalue weighted by molar-refractivity contribution is 5.74. The first-order valence-corrected chi connectivity index (χ1v) is 5.72. The molecule has 0 saturated carbocycles. The molecule has 0 fully saturated rings. The van der Waals surface area contributed by atoms with Crippen molar-refractivity contribution in [1.29, 1.82) is 0 Å². The average Bonchev–Trinajstić information content (AvgIpc) is 2.80. The summed E-state index contributed by atoms with van der Waals surface area (Å²) in [6.07, 6.45) is -1.20. The third-order valence-corrected chi connectivity index (χ3v) is 3.31. The number of nitrogens with zero attached hydrogens (tertiary/aromatic N) is 2. The lowest BCUT2D eigenvalue weighted by Gasteiger charge is -2.20. The van der Waals surface area contributed by atoms with Crippen molar-refractivity contribution < 1.29 is 18.0 Å². The zero-order chi connectivity index (χ0) is 13.6. The summed E-state index contributed by atoms with van der Waals surface area (Å²) in [6, 6.07) is 3.64. The quantitative estimate of drug-likeness (QED) is 0.744.